The van der Waals surface area contributed by atoms with Crippen LogP contribution in [0.5, 0.6) is 0 Å². The molecule has 11 nitrogen and oxygen atoms in total. The number of hydrogen-bond donors (Lipinski definition) is 3. The van der Waals surface area contributed by atoms with Gasteiger partial charge in [0.2, 0.25) is 5.91 Å². The SMILES string of the molecule is Cc1ncnc2cnc(NC(=O)/C=C/C[N+](C)(C)CC3=C([N+](=O)[O-])NCN3)cc12. The van der Waals surface area contributed by atoms with Gasteiger partial charge in [0.05, 0.1) is 32.4 Å². The van der Waals surface area contributed by atoms with Crippen LogP contribution in [0.4, 0.5) is 5.82 Å². The van der Waals surface area contributed by atoms with E-state index in [0.29, 0.717) is 41.3 Å². The van der Waals surface area contributed by atoms with Gasteiger partial charge >= 0.3 is 5.82 Å². The summed E-state index contributed by atoms with van der Waals surface area (Å²) in [6.45, 7) is 3.15. The molecule has 0 spiro atoms. The molecule has 1 amide bonds. The summed E-state index contributed by atoms with van der Waals surface area (Å²) in [7, 11) is 3.86. The number of hydrogen-bond acceptors (Lipinski definition) is 8. The Morgan fingerprint density at radius 2 is 2.14 bits per heavy atom. The number of aromatic nitrogens is 3. The third-order valence-electron chi connectivity index (χ3n) is 4.45. The van der Waals surface area contributed by atoms with Crippen LogP contribution in [0.3, 0.4) is 0 Å². The van der Waals surface area contributed by atoms with Gasteiger partial charge < -0.3 is 25.2 Å². The molecule has 2 aromatic heterocycles. The van der Waals surface area contributed by atoms with Crippen molar-refractivity contribution in [2.45, 2.75) is 6.92 Å². The second-order valence-corrected chi connectivity index (χ2v) is 7.33. The zero-order valence-electron chi connectivity index (χ0n) is 16.5. The largest absolute Gasteiger partial charge is 0.358 e. The molecule has 29 heavy (non-hydrogen) atoms. The molecule has 152 valence electrons. The van der Waals surface area contributed by atoms with E-state index in [-0.39, 0.29) is 11.7 Å². The van der Waals surface area contributed by atoms with Crippen molar-refractivity contribution in [3.63, 3.8) is 0 Å². The monoisotopic (exact) mass is 399 g/mol. The third kappa shape index (κ3) is 5.02. The van der Waals surface area contributed by atoms with Crippen LogP contribution >= 0.6 is 0 Å². The zero-order chi connectivity index (χ0) is 21.0. The fourth-order valence-electron chi connectivity index (χ4n) is 2.99. The first-order valence-electron chi connectivity index (χ1n) is 8.97. The van der Waals surface area contributed by atoms with E-state index in [9.17, 15) is 14.9 Å². The highest BCUT2D eigenvalue weighted by atomic mass is 16.6. The molecule has 3 rings (SSSR count). The fraction of sp³-hybridized carbons (Fsp3) is 0.333. The lowest BCUT2D eigenvalue weighted by Crippen LogP contribution is -2.43. The third-order valence-corrected chi connectivity index (χ3v) is 4.45. The molecule has 1 aliphatic rings. The van der Waals surface area contributed by atoms with Crippen molar-refractivity contribution in [3.05, 3.63) is 58.1 Å². The second-order valence-electron chi connectivity index (χ2n) is 7.33. The van der Waals surface area contributed by atoms with Crippen LogP contribution in [0.2, 0.25) is 0 Å². The molecule has 0 saturated carbocycles. The maximum atomic E-state index is 12.2. The predicted molar refractivity (Wildman–Crippen MR) is 107 cm³/mol. The Bertz CT molecular complexity index is 1020. The zero-order valence-corrected chi connectivity index (χ0v) is 16.5. The Labute approximate surface area is 167 Å². The molecule has 3 heterocycles. The number of carbonyl (C=O) groups excluding carboxylic acids is 1. The average molecular weight is 399 g/mol. The van der Waals surface area contributed by atoms with Gasteiger partial charge in [0.15, 0.2) is 12.4 Å². The molecule has 0 aliphatic carbocycles. The summed E-state index contributed by atoms with van der Waals surface area (Å²) in [4.78, 5) is 35.3. The minimum absolute atomic E-state index is 0.000394. The number of aryl methyl sites for hydroxylation is 1. The van der Waals surface area contributed by atoms with Crippen LogP contribution in [0.1, 0.15) is 5.69 Å². The van der Waals surface area contributed by atoms with Gasteiger partial charge in [-0.1, -0.05) is 0 Å². The van der Waals surface area contributed by atoms with Gasteiger partial charge in [-0.15, -0.1) is 0 Å². The lowest BCUT2D eigenvalue weighted by Gasteiger charge is -2.28. The first-order chi connectivity index (χ1) is 13.7. The Hall–Kier alpha value is -3.60. The van der Waals surface area contributed by atoms with E-state index in [1.165, 1.54) is 12.4 Å². The number of nitrogens with one attached hydrogen (secondary N) is 3. The summed E-state index contributed by atoms with van der Waals surface area (Å²) in [6, 6.07) is 1.74. The first kappa shape index (κ1) is 20.1. The number of nitro groups is 1. The van der Waals surface area contributed by atoms with Gasteiger partial charge in [0.1, 0.15) is 18.7 Å². The van der Waals surface area contributed by atoms with Crippen molar-refractivity contribution in [2.75, 3.05) is 39.2 Å². The maximum absolute atomic E-state index is 12.2. The molecule has 0 radical (unpaired) electrons. The summed E-state index contributed by atoms with van der Waals surface area (Å²) in [5.41, 5.74) is 2.07. The van der Waals surface area contributed by atoms with Crippen LogP contribution < -0.4 is 16.0 Å². The molecule has 1 aliphatic heterocycles. The molecular formula is C18H23N8O3+. The van der Waals surface area contributed by atoms with Gasteiger partial charge in [0.25, 0.3) is 0 Å². The van der Waals surface area contributed by atoms with E-state index in [2.05, 4.69) is 30.9 Å². The van der Waals surface area contributed by atoms with E-state index in [0.717, 1.165) is 11.1 Å². The van der Waals surface area contributed by atoms with Crippen LogP contribution in [0.15, 0.2) is 42.3 Å². The number of quaternary nitrogens is 1. The molecule has 0 aromatic carbocycles. The van der Waals surface area contributed by atoms with Crippen molar-refractivity contribution in [1.82, 2.24) is 25.6 Å². The van der Waals surface area contributed by atoms with Crippen molar-refractivity contribution in [1.29, 1.82) is 0 Å². The number of rotatable bonds is 7. The molecule has 0 fully saturated rings. The number of pyridine rings is 1. The molecule has 2 aromatic rings. The number of likely N-dealkylation sites (N-methyl/N-ethyl adjacent to an activating group) is 1. The lowest BCUT2D eigenvalue weighted by atomic mass is 10.2. The van der Waals surface area contributed by atoms with E-state index in [4.69, 9.17) is 0 Å². The van der Waals surface area contributed by atoms with Crippen LogP contribution in [-0.4, -0.2) is 64.1 Å². The quantitative estimate of drug-likeness (QED) is 0.265. The molecule has 0 unspecified atom stereocenters. The van der Waals surface area contributed by atoms with E-state index in [1.807, 2.05) is 21.0 Å². The molecule has 3 N–H and O–H groups in total. The molecule has 0 saturated heterocycles. The number of carbonyl (C=O) groups is 1. The van der Waals surface area contributed by atoms with Crippen LogP contribution in [0, 0.1) is 17.0 Å². The summed E-state index contributed by atoms with van der Waals surface area (Å²) in [5, 5.41) is 20.3. The number of nitrogens with zero attached hydrogens (tertiary/aromatic N) is 5. The Morgan fingerprint density at radius 3 is 2.90 bits per heavy atom. The minimum Gasteiger partial charge on any atom is -0.358 e. The van der Waals surface area contributed by atoms with Crippen molar-refractivity contribution >= 4 is 22.6 Å². The van der Waals surface area contributed by atoms with Crippen LogP contribution in [-0.2, 0) is 4.79 Å². The van der Waals surface area contributed by atoms with E-state index < -0.39 is 4.92 Å². The van der Waals surface area contributed by atoms with Gasteiger partial charge in [-0.2, -0.15) is 0 Å². The predicted octanol–water partition coefficient (Wildman–Crippen LogP) is 0.500. The summed E-state index contributed by atoms with van der Waals surface area (Å²) in [6.07, 6.45) is 6.23. The lowest BCUT2D eigenvalue weighted by molar-refractivity contribution is -0.880. The van der Waals surface area contributed by atoms with E-state index in [1.54, 1.807) is 18.3 Å². The minimum atomic E-state index is -0.429. The maximum Gasteiger partial charge on any atom is 0.342 e. The molecular weight excluding hydrogens is 376 g/mol. The summed E-state index contributed by atoms with van der Waals surface area (Å²) >= 11 is 0. The highest BCUT2D eigenvalue weighted by molar-refractivity contribution is 5.99. The number of anilines is 1. The molecule has 0 bridgehead atoms. The highest BCUT2D eigenvalue weighted by Crippen LogP contribution is 2.16. The number of fused-ring (bicyclic) bond motifs is 1. The van der Waals surface area contributed by atoms with Gasteiger partial charge in [0, 0.05) is 17.2 Å². The number of amides is 1. The molecule has 11 heteroatoms. The van der Waals surface area contributed by atoms with Gasteiger partial charge in [-0.25, -0.2) is 15.0 Å². The normalized spacial score (nSPS) is 14.2. The average Bonchev–Trinajstić information content (AvgIpc) is 3.10. The summed E-state index contributed by atoms with van der Waals surface area (Å²) in [5.74, 6) is 0.109. The topological polar surface area (TPSA) is 135 Å². The van der Waals surface area contributed by atoms with Crippen molar-refractivity contribution in [3.8, 4) is 0 Å². The first-order valence-corrected chi connectivity index (χ1v) is 8.97. The van der Waals surface area contributed by atoms with Gasteiger partial charge in [-0.3, -0.25) is 10.1 Å². The molecule has 0 atom stereocenters. The highest BCUT2D eigenvalue weighted by Gasteiger charge is 2.28. The van der Waals surface area contributed by atoms with Crippen molar-refractivity contribution < 1.29 is 14.2 Å². The fourth-order valence-corrected chi connectivity index (χ4v) is 2.99. The van der Waals surface area contributed by atoms with Crippen LogP contribution in [0.25, 0.3) is 10.9 Å². The van der Waals surface area contributed by atoms with E-state index >= 15 is 0 Å². The van der Waals surface area contributed by atoms with Gasteiger partial charge in [-0.05, 0) is 24.0 Å². The van der Waals surface area contributed by atoms with Crippen molar-refractivity contribution in [2.24, 2.45) is 0 Å². The Morgan fingerprint density at radius 1 is 1.34 bits per heavy atom. The second kappa shape index (κ2) is 8.19. The smallest absolute Gasteiger partial charge is 0.342 e. The Balaban J connectivity index is 1.60. The summed E-state index contributed by atoms with van der Waals surface area (Å²) < 4.78 is 0.440. The Kier molecular flexibility index (Phi) is 5.69. The standard InChI is InChI=1S/C18H22N8O3/c1-12-13-7-16(19-8-14(13)21-10-20-12)24-17(27)5-4-6-26(2,3)9-15-18(25(28)29)23-11-22-15/h4-5,7-8,10H,6,9,11H2,1-3H3,(H2-,19,20,21,22,23,24,27)/p+1/b5-4+.